The molecule has 1 aromatic heterocycles. The third kappa shape index (κ3) is 2.72. The van der Waals surface area contributed by atoms with E-state index in [1.165, 1.54) is 21.8 Å². The van der Waals surface area contributed by atoms with E-state index in [4.69, 9.17) is 11.5 Å². The third-order valence-corrected chi connectivity index (χ3v) is 4.95. The highest BCUT2D eigenvalue weighted by atomic mass is 15.0. The van der Waals surface area contributed by atoms with E-state index in [9.17, 15) is 0 Å². The van der Waals surface area contributed by atoms with Crippen LogP contribution >= 0.6 is 0 Å². The molecule has 136 valence electrons. The number of rotatable bonds is 3. The Bertz CT molecular complexity index is 1280. The molecule has 4 aromatic carbocycles. The van der Waals surface area contributed by atoms with Crippen molar-refractivity contribution in [1.29, 1.82) is 0 Å². The SMILES string of the molecule is Nc1cc(N)cc(Nc2ccc3c(c2)c2ccccc2n3-c2ccccc2)c1. The summed E-state index contributed by atoms with van der Waals surface area (Å²) in [6.07, 6.45) is 0. The van der Waals surface area contributed by atoms with Crippen LogP contribution in [-0.2, 0) is 0 Å². The topological polar surface area (TPSA) is 69.0 Å². The zero-order chi connectivity index (χ0) is 19.1. The van der Waals surface area contributed by atoms with Crippen LogP contribution in [0.1, 0.15) is 0 Å². The van der Waals surface area contributed by atoms with Crippen LogP contribution in [0.15, 0.2) is 91.0 Å². The largest absolute Gasteiger partial charge is 0.399 e. The predicted molar refractivity (Wildman–Crippen MR) is 119 cm³/mol. The molecule has 28 heavy (non-hydrogen) atoms. The van der Waals surface area contributed by atoms with Gasteiger partial charge in [-0.3, -0.25) is 0 Å². The lowest BCUT2D eigenvalue weighted by Gasteiger charge is -2.10. The Kier molecular flexibility index (Phi) is 3.69. The molecule has 0 saturated heterocycles. The van der Waals surface area contributed by atoms with Crippen LogP contribution in [0, 0.1) is 0 Å². The molecule has 5 N–H and O–H groups in total. The molecule has 0 fully saturated rings. The van der Waals surface area contributed by atoms with E-state index in [1.807, 2.05) is 18.2 Å². The maximum absolute atomic E-state index is 5.92. The third-order valence-electron chi connectivity index (χ3n) is 4.95. The average molecular weight is 364 g/mol. The first-order valence-corrected chi connectivity index (χ1v) is 9.21. The summed E-state index contributed by atoms with van der Waals surface area (Å²) in [5.41, 5.74) is 18.5. The molecule has 0 bridgehead atoms. The molecule has 0 atom stereocenters. The molecular weight excluding hydrogens is 344 g/mol. The van der Waals surface area contributed by atoms with E-state index < -0.39 is 0 Å². The first kappa shape index (κ1) is 16.3. The van der Waals surface area contributed by atoms with E-state index >= 15 is 0 Å². The molecule has 4 nitrogen and oxygen atoms in total. The van der Waals surface area contributed by atoms with Crippen molar-refractivity contribution < 1.29 is 0 Å². The fourth-order valence-corrected chi connectivity index (χ4v) is 3.82. The van der Waals surface area contributed by atoms with Gasteiger partial charge in [-0.05, 0) is 54.6 Å². The first-order chi connectivity index (χ1) is 13.7. The molecule has 1 heterocycles. The number of anilines is 4. The van der Waals surface area contributed by atoms with Crippen molar-refractivity contribution >= 4 is 44.6 Å². The number of nitrogen functional groups attached to an aromatic ring is 2. The van der Waals surface area contributed by atoms with Crippen molar-refractivity contribution in [2.75, 3.05) is 16.8 Å². The van der Waals surface area contributed by atoms with Crippen LogP contribution in [-0.4, -0.2) is 4.57 Å². The highest BCUT2D eigenvalue weighted by molar-refractivity contribution is 6.10. The fraction of sp³-hybridized carbons (Fsp3) is 0. The van der Waals surface area contributed by atoms with Gasteiger partial charge in [0.15, 0.2) is 0 Å². The summed E-state index contributed by atoms with van der Waals surface area (Å²) in [6.45, 7) is 0. The number of hydrogen-bond donors (Lipinski definition) is 3. The molecule has 0 amide bonds. The molecule has 0 saturated carbocycles. The van der Waals surface area contributed by atoms with E-state index in [-0.39, 0.29) is 0 Å². The normalized spacial score (nSPS) is 11.1. The highest BCUT2D eigenvalue weighted by Gasteiger charge is 2.12. The van der Waals surface area contributed by atoms with Gasteiger partial charge >= 0.3 is 0 Å². The van der Waals surface area contributed by atoms with E-state index in [2.05, 4.69) is 76.6 Å². The summed E-state index contributed by atoms with van der Waals surface area (Å²) in [4.78, 5) is 0. The standard InChI is InChI=1S/C24H20N4/c25-16-12-17(26)14-19(13-16)27-18-10-11-24-22(15-18)21-8-4-5-9-23(21)28(24)20-6-2-1-3-7-20/h1-15,27H,25-26H2. The lowest BCUT2D eigenvalue weighted by molar-refractivity contribution is 1.18. The molecule has 0 spiro atoms. The minimum Gasteiger partial charge on any atom is -0.399 e. The van der Waals surface area contributed by atoms with Gasteiger partial charge in [-0.25, -0.2) is 0 Å². The van der Waals surface area contributed by atoms with Crippen LogP contribution in [0.2, 0.25) is 0 Å². The van der Waals surface area contributed by atoms with E-state index in [0.717, 1.165) is 17.1 Å². The molecule has 5 rings (SSSR count). The van der Waals surface area contributed by atoms with Gasteiger partial charge in [0.2, 0.25) is 0 Å². The lowest BCUT2D eigenvalue weighted by Crippen LogP contribution is -1.96. The summed E-state index contributed by atoms with van der Waals surface area (Å²) in [5, 5.41) is 5.84. The van der Waals surface area contributed by atoms with Gasteiger partial charge in [-0.15, -0.1) is 0 Å². The van der Waals surface area contributed by atoms with Crippen molar-refractivity contribution in [2.24, 2.45) is 0 Å². The summed E-state index contributed by atoms with van der Waals surface area (Å²) in [5.74, 6) is 0. The molecule has 5 aromatic rings. The van der Waals surface area contributed by atoms with Crippen LogP contribution in [0.5, 0.6) is 0 Å². The zero-order valence-corrected chi connectivity index (χ0v) is 15.3. The van der Waals surface area contributed by atoms with Gasteiger partial charge < -0.3 is 21.4 Å². The monoisotopic (exact) mass is 364 g/mol. The van der Waals surface area contributed by atoms with Gasteiger partial charge in [0.25, 0.3) is 0 Å². The Morgan fingerprint density at radius 1 is 0.571 bits per heavy atom. The predicted octanol–water partition coefficient (Wildman–Crippen LogP) is 5.69. The highest BCUT2D eigenvalue weighted by Crippen LogP contribution is 2.34. The average Bonchev–Trinajstić information content (AvgIpc) is 3.02. The number of fused-ring (bicyclic) bond motifs is 3. The number of para-hydroxylation sites is 2. The molecule has 0 aliphatic heterocycles. The minimum atomic E-state index is 0.643. The summed E-state index contributed by atoms with van der Waals surface area (Å²) < 4.78 is 2.30. The van der Waals surface area contributed by atoms with Crippen molar-refractivity contribution in [3.05, 3.63) is 91.0 Å². The van der Waals surface area contributed by atoms with E-state index in [1.54, 1.807) is 6.07 Å². The number of hydrogen-bond acceptors (Lipinski definition) is 3. The van der Waals surface area contributed by atoms with Crippen LogP contribution < -0.4 is 16.8 Å². The molecule has 0 radical (unpaired) electrons. The summed E-state index contributed by atoms with van der Waals surface area (Å²) in [7, 11) is 0. The number of nitrogens with zero attached hydrogens (tertiary/aromatic N) is 1. The zero-order valence-electron chi connectivity index (χ0n) is 15.3. The van der Waals surface area contributed by atoms with Crippen molar-refractivity contribution in [3.63, 3.8) is 0 Å². The smallest absolute Gasteiger partial charge is 0.0542 e. The number of benzene rings is 4. The van der Waals surface area contributed by atoms with Crippen LogP contribution in [0.4, 0.5) is 22.7 Å². The van der Waals surface area contributed by atoms with Crippen molar-refractivity contribution in [3.8, 4) is 5.69 Å². The molecular formula is C24H20N4. The maximum atomic E-state index is 5.92. The Balaban J connectivity index is 1.69. The lowest BCUT2D eigenvalue weighted by atomic mass is 10.1. The van der Waals surface area contributed by atoms with Crippen molar-refractivity contribution in [2.45, 2.75) is 0 Å². The number of aromatic nitrogens is 1. The minimum absolute atomic E-state index is 0.643. The van der Waals surface area contributed by atoms with E-state index in [0.29, 0.717) is 11.4 Å². The van der Waals surface area contributed by atoms with Crippen LogP contribution in [0.25, 0.3) is 27.5 Å². The first-order valence-electron chi connectivity index (χ1n) is 9.21. The molecule has 0 unspecified atom stereocenters. The second-order valence-corrected chi connectivity index (χ2v) is 6.93. The van der Waals surface area contributed by atoms with Crippen molar-refractivity contribution in [1.82, 2.24) is 4.57 Å². The van der Waals surface area contributed by atoms with Gasteiger partial charge in [-0.2, -0.15) is 0 Å². The Labute approximate surface area is 163 Å². The van der Waals surface area contributed by atoms with Gasteiger partial charge in [0, 0.05) is 39.2 Å². The second-order valence-electron chi connectivity index (χ2n) is 6.93. The Morgan fingerprint density at radius 3 is 2.04 bits per heavy atom. The Morgan fingerprint density at radius 2 is 1.25 bits per heavy atom. The maximum Gasteiger partial charge on any atom is 0.0542 e. The van der Waals surface area contributed by atoms with Gasteiger partial charge in [0.05, 0.1) is 11.0 Å². The quantitative estimate of drug-likeness (QED) is 0.360. The fourth-order valence-electron chi connectivity index (χ4n) is 3.82. The molecule has 0 aliphatic rings. The Hall–Kier alpha value is -3.92. The summed E-state index contributed by atoms with van der Waals surface area (Å²) in [6, 6.07) is 30.9. The number of nitrogens with one attached hydrogen (secondary N) is 1. The van der Waals surface area contributed by atoms with Crippen LogP contribution in [0.3, 0.4) is 0 Å². The number of nitrogens with two attached hydrogens (primary N) is 2. The van der Waals surface area contributed by atoms with Gasteiger partial charge in [0.1, 0.15) is 0 Å². The van der Waals surface area contributed by atoms with Gasteiger partial charge in [-0.1, -0.05) is 36.4 Å². The second kappa shape index (κ2) is 6.35. The summed E-state index contributed by atoms with van der Waals surface area (Å²) >= 11 is 0. The molecule has 0 aliphatic carbocycles. The molecule has 4 heteroatoms.